The third-order valence-corrected chi connectivity index (χ3v) is 3.44. The van der Waals surface area contributed by atoms with E-state index in [4.69, 9.17) is 5.73 Å². The van der Waals surface area contributed by atoms with Gasteiger partial charge in [0.25, 0.3) is 5.56 Å². The lowest BCUT2D eigenvalue weighted by molar-refractivity contribution is 0.457. The Balaban J connectivity index is 2.22. The van der Waals surface area contributed by atoms with E-state index in [1.165, 1.54) is 18.9 Å². The number of nitrogens with one attached hydrogen (secondary N) is 2. The zero-order valence-corrected chi connectivity index (χ0v) is 10.4. The maximum absolute atomic E-state index is 11.5. The fourth-order valence-corrected chi connectivity index (χ4v) is 2.07. The van der Waals surface area contributed by atoms with Crippen molar-refractivity contribution < 1.29 is 0 Å². The van der Waals surface area contributed by atoms with E-state index >= 15 is 0 Å². The molecule has 1 atom stereocenters. The van der Waals surface area contributed by atoms with E-state index in [1.807, 2.05) is 6.92 Å². The van der Waals surface area contributed by atoms with Crippen LogP contribution in [0, 0.1) is 5.92 Å². The molecule has 5 heteroatoms. The monoisotopic (exact) mass is 236 g/mol. The fraction of sp³-hybridized carbons (Fsp3) is 0.667. The van der Waals surface area contributed by atoms with Crippen LogP contribution in [0.15, 0.2) is 10.9 Å². The molecular weight excluding hydrogens is 216 g/mol. The molecule has 2 rings (SSSR count). The summed E-state index contributed by atoms with van der Waals surface area (Å²) in [4.78, 5) is 18.5. The van der Waals surface area contributed by atoms with Crippen molar-refractivity contribution in [2.45, 2.75) is 38.6 Å². The Labute approximate surface area is 101 Å². The highest BCUT2D eigenvalue weighted by atomic mass is 16.1. The van der Waals surface area contributed by atoms with Gasteiger partial charge in [0.1, 0.15) is 11.6 Å². The smallest absolute Gasteiger partial charge is 0.252 e. The molecule has 0 aliphatic heterocycles. The first kappa shape index (κ1) is 12.1. The number of nitrogens with zero attached hydrogens (tertiary/aromatic N) is 1. The Hall–Kier alpha value is -1.36. The second kappa shape index (κ2) is 4.49. The molecule has 5 nitrogen and oxygen atoms in total. The predicted octanol–water partition coefficient (Wildman–Crippen LogP) is 0.872. The molecule has 1 fully saturated rings. The number of anilines is 1. The molecular formula is C12H20N4O. The van der Waals surface area contributed by atoms with Crippen LogP contribution in [0.5, 0.6) is 0 Å². The van der Waals surface area contributed by atoms with Crippen molar-refractivity contribution in [1.29, 1.82) is 0 Å². The summed E-state index contributed by atoms with van der Waals surface area (Å²) in [6.45, 7) is 4.61. The van der Waals surface area contributed by atoms with Crippen molar-refractivity contribution in [2.75, 3.05) is 11.9 Å². The van der Waals surface area contributed by atoms with E-state index in [9.17, 15) is 4.79 Å². The molecule has 94 valence electrons. The van der Waals surface area contributed by atoms with Crippen molar-refractivity contribution in [3.05, 3.63) is 22.2 Å². The summed E-state index contributed by atoms with van der Waals surface area (Å²) >= 11 is 0. The van der Waals surface area contributed by atoms with E-state index in [1.54, 1.807) is 0 Å². The van der Waals surface area contributed by atoms with Gasteiger partial charge in [-0.3, -0.25) is 4.79 Å². The molecule has 17 heavy (non-hydrogen) atoms. The van der Waals surface area contributed by atoms with Crippen LogP contribution in [0.2, 0.25) is 0 Å². The zero-order valence-electron chi connectivity index (χ0n) is 10.4. The molecule has 0 spiro atoms. The Bertz CT molecular complexity index is 452. The molecule has 1 aromatic rings. The number of hydrogen-bond donors (Lipinski definition) is 3. The van der Waals surface area contributed by atoms with Gasteiger partial charge in [-0.1, -0.05) is 6.92 Å². The number of aryl methyl sites for hydroxylation is 1. The molecule has 1 aliphatic rings. The van der Waals surface area contributed by atoms with Gasteiger partial charge in [-0.25, -0.2) is 4.98 Å². The number of aromatic amines is 1. The van der Waals surface area contributed by atoms with Gasteiger partial charge in [0.2, 0.25) is 0 Å². The van der Waals surface area contributed by atoms with Gasteiger partial charge in [0, 0.05) is 19.0 Å². The minimum Gasteiger partial charge on any atom is -0.363 e. The average Bonchev–Trinajstić information content (AvgIpc) is 3.12. The van der Waals surface area contributed by atoms with Gasteiger partial charge in [-0.05, 0) is 25.7 Å². The van der Waals surface area contributed by atoms with Gasteiger partial charge in [-0.15, -0.1) is 0 Å². The Kier molecular flexibility index (Phi) is 3.19. The van der Waals surface area contributed by atoms with E-state index in [0.717, 1.165) is 0 Å². The van der Waals surface area contributed by atoms with Crippen LogP contribution in [0.25, 0.3) is 0 Å². The maximum atomic E-state index is 11.5. The Morgan fingerprint density at radius 1 is 1.65 bits per heavy atom. The highest BCUT2D eigenvalue weighted by Gasteiger charge is 2.40. The van der Waals surface area contributed by atoms with Crippen molar-refractivity contribution in [3.63, 3.8) is 0 Å². The van der Waals surface area contributed by atoms with Crippen LogP contribution in [-0.2, 0) is 6.42 Å². The van der Waals surface area contributed by atoms with Gasteiger partial charge in [0.15, 0.2) is 0 Å². The minimum atomic E-state index is -0.147. The summed E-state index contributed by atoms with van der Waals surface area (Å²) in [5, 5.41) is 3.33. The molecule has 0 saturated heterocycles. The lowest BCUT2D eigenvalue weighted by atomic mass is 9.96. The maximum Gasteiger partial charge on any atom is 0.252 e. The Morgan fingerprint density at radius 2 is 2.35 bits per heavy atom. The first-order chi connectivity index (χ1) is 8.07. The van der Waals surface area contributed by atoms with Crippen LogP contribution in [0.3, 0.4) is 0 Å². The van der Waals surface area contributed by atoms with E-state index in [0.29, 0.717) is 30.5 Å². The fourth-order valence-electron chi connectivity index (χ4n) is 2.07. The molecule has 4 N–H and O–H groups in total. The second-order valence-corrected chi connectivity index (χ2v) is 4.95. The molecule has 0 amide bonds. The van der Waals surface area contributed by atoms with Crippen LogP contribution in [0.4, 0.5) is 5.82 Å². The van der Waals surface area contributed by atoms with Crippen molar-refractivity contribution in [1.82, 2.24) is 9.97 Å². The summed E-state index contributed by atoms with van der Waals surface area (Å²) in [7, 11) is 0. The third-order valence-electron chi connectivity index (χ3n) is 3.44. The highest BCUT2D eigenvalue weighted by Crippen LogP contribution is 2.40. The SMILES string of the molecule is CCc1nc(NC(C)(CN)C2CC2)cc(=O)[nH]1. The number of H-pyrrole nitrogens is 1. The van der Waals surface area contributed by atoms with Crippen LogP contribution < -0.4 is 16.6 Å². The lowest BCUT2D eigenvalue weighted by Crippen LogP contribution is -2.45. The molecule has 0 radical (unpaired) electrons. The average molecular weight is 236 g/mol. The van der Waals surface area contributed by atoms with Crippen molar-refractivity contribution in [2.24, 2.45) is 11.7 Å². The van der Waals surface area contributed by atoms with E-state index in [-0.39, 0.29) is 11.1 Å². The van der Waals surface area contributed by atoms with E-state index in [2.05, 4.69) is 22.2 Å². The quantitative estimate of drug-likeness (QED) is 0.708. The number of aromatic nitrogens is 2. The number of hydrogen-bond acceptors (Lipinski definition) is 4. The lowest BCUT2D eigenvalue weighted by Gasteiger charge is -2.30. The third kappa shape index (κ3) is 2.66. The van der Waals surface area contributed by atoms with Gasteiger partial charge >= 0.3 is 0 Å². The summed E-state index contributed by atoms with van der Waals surface area (Å²) in [5.41, 5.74) is 5.56. The van der Waals surface area contributed by atoms with Gasteiger partial charge < -0.3 is 16.0 Å². The molecule has 0 bridgehead atoms. The van der Waals surface area contributed by atoms with Crippen LogP contribution in [0.1, 0.15) is 32.5 Å². The number of nitrogens with two attached hydrogens (primary N) is 1. The largest absolute Gasteiger partial charge is 0.363 e. The molecule has 1 saturated carbocycles. The van der Waals surface area contributed by atoms with Crippen LogP contribution >= 0.6 is 0 Å². The summed E-state index contributed by atoms with van der Waals surface area (Å²) < 4.78 is 0. The summed E-state index contributed by atoms with van der Waals surface area (Å²) in [5.74, 6) is 1.93. The standard InChI is InChI=1S/C12H20N4O/c1-3-9-14-10(6-11(17)15-9)16-12(2,7-13)8-4-5-8/h6,8H,3-5,7,13H2,1-2H3,(H2,14,15,16,17). The first-order valence-electron chi connectivity index (χ1n) is 6.16. The molecule has 1 aliphatic carbocycles. The molecule has 1 unspecified atom stereocenters. The van der Waals surface area contributed by atoms with Crippen molar-refractivity contribution >= 4 is 5.82 Å². The van der Waals surface area contributed by atoms with E-state index < -0.39 is 0 Å². The topological polar surface area (TPSA) is 83.8 Å². The zero-order chi connectivity index (χ0) is 12.5. The van der Waals surface area contributed by atoms with Crippen molar-refractivity contribution in [3.8, 4) is 0 Å². The van der Waals surface area contributed by atoms with Crippen LogP contribution in [-0.4, -0.2) is 22.1 Å². The Morgan fingerprint density at radius 3 is 2.88 bits per heavy atom. The molecule has 1 heterocycles. The summed E-state index contributed by atoms with van der Waals surface area (Å²) in [6.07, 6.45) is 3.11. The predicted molar refractivity (Wildman–Crippen MR) is 68.0 cm³/mol. The molecule has 0 aromatic carbocycles. The van der Waals surface area contributed by atoms with Gasteiger partial charge in [0.05, 0.1) is 5.54 Å². The summed E-state index contributed by atoms with van der Waals surface area (Å²) in [6, 6.07) is 1.50. The minimum absolute atomic E-state index is 0.116. The second-order valence-electron chi connectivity index (χ2n) is 4.95. The van der Waals surface area contributed by atoms with Gasteiger partial charge in [-0.2, -0.15) is 0 Å². The first-order valence-corrected chi connectivity index (χ1v) is 6.16. The highest BCUT2D eigenvalue weighted by molar-refractivity contribution is 5.38. The molecule has 1 aromatic heterocycles. The number of rotatable bonds is 5. The normalized spacial score (nSPS) is 18.8.